The first-order chi connectivity index (χ1) is 11.6. The van der Waals surface area contributed by atoms with Crippen LogP contribution in [0.4, 0.5) is 5.69 Å². The maximum atomic E-state index is 10.8. The van der Waals surface area contributed by atoms with Crippen LogP contribution in [0, 0.1) is 14.9 Å². The van der Waals surface area contributed by atoms with E-state index in [1.54, 1.807) is 24.3 Å². The second-order valence-electron chi connectivity index (χ2n) is 4.86. The lowest BCUT2D eigenvalue weighted by atomic mass is 10.1. The largest absolute Gasteiger partial charge is 0.455 e. The topological polar surface area (TPSA) is 102 Å². The molecule has 2 aromatic heterocycles. The van der Waals surface area contributed by atoms with Crippen molar-refractivity contribution >= 4 is 24.1 Å². The van der Waals surface area contributed by atoms with Gasteiger partial charge in [-0.15, -0.1) is 0 Å². The van der Waals surface area contributed by atoms with Crippen molar-refractivity contribution in [2.45, 2.75) is 13.3 Å². The first-order valence-electron chi connectivity index (χ1n) is 7.14. The monoisotopic (exact) mass is 343 g/mol. The van der Waals surface area contributed by atoms with Crippen LogP contribution in [0.1, 0.15) is 18.5 Å². The van der Waals surface area contributed by atoms with Gasteiger partial charge in [0.15, 0.2) is 5.82 Å². The number of aromatic nitrogens is 3. The van der Waals surface area contributed by atoms with Gasteiger partial charge in [0.25, 0.3) is 5.69 Å². The van der Waals surface area contributed by atoms with E-state index in [-0.39, 0.29) is 5.69 Å². The molecule has 0 saturated carbocycles. The van der Waals surface area contributed by atoms with Crippen LogP contribution in [-0.2, 0) is 6.42 Å². The number of aryl methyl sites for hydroxylation is 1. The molecule has 9 heteroatoms. The molecule has 122 valence electrons. The van der Waals surface area contributed by atoms with Crippen molar-refractivity contribution in [1.29, 1.82) is 0 Å². The Balaban J connectivity index is 1.87. The Hall–Kier alpha value is -3.07. The van der Waals surface area contributed by atoms with Gasteiger partial charge in [0, 0.05) is 24.1 Å². The lowest BCUT2D eigenvalue weighted by Gasteiger charge is -1.97. The van der Waals surface area contributed by atoms with Crippen LogP contribution < -0.4 is 0 Å². The van der Waals surface area contributed by atoms with E-state index >= 15 is 0 Å². The van der Waals surface area contributed by atoms with Gasteiger partial charge in [0.2, 0.25) is 4.77 Å². The molecule has 2 heterocycles. The van der Waals surface area contributed by atoms with E-state index in [0.717, 1.165) is 0 Å². The highest BCUT2D eigenvalue weighted by Gasteiger charge is 2.10. The van der Waals surface area contributed by atoms with E-state index in [0.29, 0.717) is 34.1 Å². The van der Waals surface area contributed by atoms with Gasteiger partial charge in [-0.2, -0.15) is 14.9 Å². The van der Waals surface area contributed by atoms with Crippen LogP contribution in [0.5, 0.6) is 0 Å². The Morgan fingerprint density at radius 1 is 1.46 bits per heavy atom. The molecule has 0 spiro atoms. The number of non-ortho nitro benzene ring substituents is 1. The molecule has 8 nitrogen and oxygen atoms in total. The lowest BCUT2D eigenvalue weighted by Crippen LogP contribution is -1.96. The zero-order valence-electron chi connectivity index (χ0n) is 12.7. The molecule has 0 unspecified atom stereocenters. The number of nitro benzene ring substituents is 1. The van der Waals surface area contributed by atoms with Crippen molar-refractivity contribution in [3.05, 3.63) is 62.9 Å². The van der Waals surface area contributed by atoms with Crippen molar-refractivity contribution in [1.82, 2.24) is 14.9 Å². The third kappa shape index (κ3) is 3.15. The summed E-state index contributed by atoms with van der Waals surface area (Å²) in [6, 6.07) is 9.71. The van der Waals surface area contributed by atoms with Crippen molar-refractivity contribution in [3.8, 4) is 11.3 Å². The molecular weight excluding hydrogens is 330 g/mol. The van der Waals surface area contributed by atoms with Gasteiger partial charge in [-0.1, -0.05) is 19.1 Å². The van der Waals surface area contributed by atoms with Crippen LogP contribution in [0.15, 0.2) is 45.9 Å². The third-order valence-corrected chi connectivity index (χ3v) is 3.57. The quantitative estimate of drug-likeness (QED) is 0.330. The molecule has 0 saturated heterocycles. The van der Waals surface area contributed by atoms with Gasteiger partial charge >= 0.3 is 0 Å². The molecule has 0 aliphatic heterocycles. The summed E-state index contributed by atoms with van der Waals surface area (Å²) >= 11 is 5.11. The second-order valence-corrected chi connectivity index (χ2v) is 5.25. The summed E-state index contributed by atoms with van der Waals surface area (Å²) in [5.41, 5.74) is 0.634. The molecule has 1 aromatic carbocycles. The number of nitrogens with one attached hydrogen (secondary N) is 1. The maximum absolute atomic E-state index is 10.8. The van der Waals surface area contributed by atoms with Crippen molar-refractivity contribution in [3.63, 3.8) is 0 Å². The van der Waals surface area contributed by atoms with E-state index < -0.39 is 4.92 Å². The molecule has 0 fully saturated rings. The van der Waals surface area contributed by atoms with Crippen molar-refractivity contribution < 1.29 is 9.34 Å². The molecule has 0 radical (unpaired) electrons. The van der Waals surface area contributed by atoms with Crippen LogP contribution >= 0.6 is 12.2 Å². The molecule has 1 N–H and O–H groups in total. The number of hydrogen-bond donors (Lipinski definition) is 1. The zero-order chi connectivity index (χ0) is 17.1. The summed E-state index contributed by atoms with van der Waals surface area (Å²) in [7, 11) is 0. The summed E-state index contributed by atoms with van der Waals surface area (Å²) in [4.78, 5) is 10.4. The Kier molecular flexibility index (Phi) is 4.34. The lowest BCUT2D eigenvalue weighted by molar-refractivity contribution is -0.384. The van der Waals surface area contributed by atoms with E-state index in [4.69, 9.17) is 16.6 Å². The number of benzene rings is 1. The Morgan fingerprint density at radius 2 is 2.29 bits per heavy atom. The second kappa shape index (κ2) is 6.59. The molecule has 0 aliphatic rings. The summed E-state index contributed by atoms with van der Waals surface area (Å²) in [5.74, 6) is 1.73. The third-order valence-electron chi connectivity index (χ3n) is 3.30. The number of nitro groups is 1. The highest BCUT2D eigenvalue weighted by molar-refractivity contribution is 7.71. The smallest absolute Gasteiger partial charge is 0.270 e. The van der Waals surface area contributed by atoms with Gasteiger partial charge in [-0.25, -0.2) is 0 Å². The molecule has 0 atom stereocenters. The Morgan fingerprint density at radius 3 is 3.04 bits per heavy atom. The molecular formula is C15H13N5O3S. The van der Waals surface area contributed by atoms with Gasteiger partial charge < -0.3 is 4.42 Å². The van der Waals surface area contributed by atoms with Crippen molar-refractivity contribution in [2.24, 2.45) is 5.10 Å². The number of rotatable bonds is 5. The van der Waals surface area contributed by atoms with E-state index in [9.17, 15) is 10.1 Å². The molecule has 3 aromatic rings. The van der Waals surface area contributed by atoms with Crippen molar-refractivity contribution in [2.75, 3.05) is 0 Å². The standard InChI is InChI=1S/C15H13N5O3S/c1-2-14-17-18-15(24)19(14)16-9-12-6-7-13(23-12)10-4-3-5-11(8-10)20(21)22/h3-9H,2H2,1H3,(H,18,24)/b16-9-. The highest BCUT2D eigenvalue weighted by atomic mass is 32.1. The summed E-state index contributed by atoms with van der Waals surface area (Å²) < 4.78 is 7.58. The fraction of sp³-hybridized carbons (Fsp3) is 0.133. The first-order valence-corrected chi connectivity index (χ1v) is 7.54. The SMILES string of the molecule is CCc1n[nH]c(=S)n1/N=C\c1ccc(-c2cccc([N+](=O)[O-])c2)o1. The molecule has 24 heavy (non-hydrogen) atoms. The Labute approximate surface area is 141 Å². The molecule has 0 bridgehead atoms. The highest BCUT2D eigenvalue weighted by Crippen LogP contribution is 2.25. The number of H-pyrrole nitrogens is 1. The summed E-state index contributed by atoms with van der Waals surface area (Å²) in [6.45, 7) is 1.95. The molecule has 3 rings (SSSR count). The van der Waals surface area contributed by atoms with Gasteiger partial charge in [-0.05, 0) is 24.4 Å². The number of furan rings is 1. The maximum Gasteiger partial charge on any atom is 0.270 e. The van der Waals surface area contributed by atoms with Crippen LogP contribution in [0.2, 0.25) is 0 Å². The van der Waals surface area contributed by atoms with E-state index in [1.165, 1.54) is 23.0 Å². The zero-order valence-corrected chi connectivity index (χ0v) is 13.5. The van der Waals surface area contributed by atoms with Gasteiger partial charge in [-0.3, -0.25) is 15.2 Å². The van der Waals surface area contributed by atoms with Crippen LogP contribution in [0.25, 0.3) is 11.3 Å². The van der Waals surface area contributed by atoms with Crippen LogP contribution in [-0.4, -0.2) is 26.0 Å². The number of aromatic amines is 1. The van der Waals surface area contributed by atoms with Gasteiger partial charge in [0.05, 0.1) is 11.1 Å². The predicted molar refractivity (Wildman–Crippen MR) is 90.6 cm³/mol. The van der Waals surface area contributed by atoms with E-state index in [1.807, 2.05) is 6.92 Å². The van der Waals surface area contributed by atoms with Crippen LogP contribution in [0.3, 0.4) is 0 Å². The first kappa shape index (κ1) is 15.8. The normalized spacial score (nSPS) is 11.2. The van der Waals surface area contributed by atoms with E-state index in [2.05, 4.69) is 15.3 Å². The van der Waals surface area contributed by atoms with Gasteiger partial charge in [0.1, 0.15) is 11.5 Å². The minimum Gasteiger partial charge on any atom is -0.455 e. The fourth-order valence-corrected chi connectivity index (χ4v) is 2.34. The summed E-state index contributed by atoms with van der Waals surface area (Å²) in [5, 5.41) is 21.8. The minimum absolute atomic E-state index is 0.0106. The average molecular weight is 343 g/mol. The molecule has 0 amide bonds. The minimum atomic E-state index is -0.443. The Bertz CT molecular complexity index is 969. The fourth-order valence-electron chi connectivity index (χ4n) is 2.14. The summed E-state index contributed by atoms with van der Waals surface area (Å²) in [6.07, 6.45) is 2.20. The number of nitrogens with zero attached hydrogens (tertiary/aromatic N) is 4. The number of hydrogen-bond acceptors (Lipinski definition) is 6. The average Bonchev–Trinajstić information content (AvgIpc) is 3.19. The predicted octanol–water partition coefficient (Wildman–Crippen LogP) is 3.55. The molecule has 0 aliphatic carbocycles.